The molecule has 4 heterocycles. The van der Waals surface area contributed by atoms with E-state index in [-0.39, 0.29) is 25.4 Å². The first-order valence-corrected chi connectivity index (χ1v) is 11.9. The number of aryl methyl sites for hydroxylation is 1. The molecule has 1 aromatic heterocycles. The molecule has 1 unspecified atom stereocenters. The fourth-order valence-corrected chi connectivity index (χ4v) is 5.71. The smallest absolute Gasteiger partial charge is 0.328 e. The third kappa shape index (κ3) is 4.24. The van der Waals surface area contributed by atoms with Crippen molar-refractivity contribution in [1.29, 1.82) is 0 Å². The van der Waals surface area contributed by atoms with Gasteiger partial charge in [-0.2, -0.15) is 0 Å². The summed E-state index contributed by atoms with van der Waals surface area (Å²) in [6.45, 7) is 5.23. The van der Waals surface area contributed by atoms with E-state index in [0.29, 0.717) is 30.1 Å². The third-order valence-corrected chi connectivity index (χ3v) is 7.33. The van der Waals surface area contributed by atoms with E-state index >= 15 is 8.78 Å². The van der Waals surface area contributed by atoms with Gasteiger partial charge in [0.1, 0.15) is 6.04 Å². The Hall–Kier alpha value is -2.52. The van der Waals surface area contributed by atoms with Crippen molar-refractivity contribution in [3.05, 3.63) is 30.0 Å². The number of fused-ring (bicyclic) bond motifs is 1. The Morgan fingerprint density at radius 1 is 1.12 bits per heavy atom. The molecule has 0 bridgehead atoms. The Bertz CT molecular complexity index is 1060. The van der Waals surface area contributed by atoms with E-state index in [4.69, 9.17) is 0 Å². The zero-order chi connectivity index (χ0) is 23.2. The zero-order valence-electron chi connectivity index (χ0n) is 18.9. The van der Waals surface area contributed by atoms with Gasteiger partial charge in [0.2, 0.25) is 5.91 Å². The maximum absolute atomic E-state index is 15.5. The number of imide groups is 1. The van der Waals surface area contributed by atoms with Crippen molar-refractivity contribution in [2.75, 3.05) is 44.2 Å². The van der Waals surface area contributed by atoms with Crippen LogP contribution in [0.4, 0.5) is 19.3 Å². The molecule has 3 saturated heterocycles. The van der Waals surface area contributed by atoms with Crippen LogP contribution in [0.15, 0.2) is 24.3 Å². The summed E-state index contributed by atoms with van der Waals surface area (Å²) >= 11 is 0. The Morgan fingerprint density at radius 2 is 1.91 bits per heavy atom. The van der Waals surface area contributed by atoms with Crippen LogP contribution in [0.3, 0.4) is 0 Å². The molecule has 0 radical (unpaired) electrons. The van der Waals surface area contributed by atoms with Crippen LogP contribution >= 0.6 is 0 Å². The molecule has 3 aliphatic rings. The van der Waals surface area contributed by atoms with E-state index in [2.05, 4.69) is 10.6 Å². The van der Waals surface area contributed by atoms with E-state index in [1.165, 1.54) is 4.90 Å². The summed E-state index contributed by atoms with van der Waals surface area (Å²) < 4.78 is 32.8. The van der Waals surface area contributed by atoms with Crippen molar-refractivity contribution in [3.63, 3.8) is 0 Å². The largest absolute Gasteiger partial charge is 0.336 e. The van der Waals surface area contributed by atoms with E-state index in [0.717, 1.165) is 43.6 Å². The molecule has 0 aliphatic carbocycles. The van der Waals surface area contributed by atoms with Crippen LogP contribution in [0.5, 0.6) is 0 Å². The average Bonchev–Trinajstić information content (AvgIpc) is 3.10. The number of nitrogens with one attached hydrogen (secondary N) is 2. The lowest BCUT2D eigenvalue weighted by Gasteiger charge is -2.41. The Kier molecular flexibility index (Phi) is 5.86. The predicted molar refractivity (Wildman–Crippen MR) is 123 cm³/mol. The number of hydrogen-bond acceptors (Lipinski definition) is 4. The second-order valence-corrected chi connectivity index (χ2v) is 9.61. The predicted octanol–water partition coefficient (Wildman–Crippen LogP) is 3.28. The third-order valence-electron chi connectivity index (χ3n) is 7.33. The number of piperidine rings is 2. The van der Waals surface area contributed by atoms with Crippen molar-refractivity contribution in [2.24, 2.45) is 5.92 Å². The average molecular weight is 460 g/mol. The number of benzene rings is 1. The highest BCUT2D eigenvalue weighted by atomic mass is 19.3. The molecule has 2 aromatic rings. The van der Waals surface area contributed by atoms with Gasteiger partial charge in [-0.15, -0.1) is 0 Å². The molecule has 33 heavy (non-hydrogen) atoms. The highest BCUT2D eigenvalue weighted by molar-refractivity contribution is 6.09. The molecular formula is C24H31F2N5O2. The minimum Gasteiger partial charge on any atom is -0.336 e. The lowest BCUT2D eigenvalue weighted by molar-refractivity contribution is -0.120. The van der Waals surface area contributed by atoms with Crippen molar-refractivity contribution >= 4 is 28.5 Å². The van der Waals surface area contributed by atoms with Gasteiger partial charge >= 0.3 is 6.03 Å². The summed E-state index contributed by atoms with van der Waals surface area (Å²) in [7, 11) is 0. The minimum absolute atomic E-state index is 0.218. The first kappa shape index (κ1) is 22.3. The molecule has 3 fully saturated rings. The number of nitrogens with zero attached hydrogens (tertiary/aromatic N) is 3. The highest BCUT2D eigenvalue weighted by Gasteiger charge is 2.46. The summed E-state index contributed by atoms with van der Waals surface area (Å²) in [5.74, 6) is -2.67. The number of likely N-dealkylation sites (tertiary alicyclic amines) is 1. The van der Waals surface area contributed by atoms with Crippen LogP contribution in [-0.4, -0.2) is 66.6 Å². The zero-order valence-corrected chi connectivity index (χ0v) is 18.9. The summed E-state index contributed by atoms with van der Waals surface area (Å²) in [5, 5.41) is 6.43. The van der Waals surface area contributed by atoms with Crippen LogP contribution in [0.2, 0.25) is 0 Å². The SMILES string of the molecule is Cc1cc2c(N3CCC(=O)NC3=O)cccc2n1C1CCN(CC2CCNCC2)CC1(F)F. The van der Waals surface area contributed by atoms with Crippen LogP contribution in [0.25, 0.3) is 10.9 Å². The normalized spacial score (nSPS) is 24.9. The summed E-state index contributed by atoms with van der Waals surface area (Å²) in [5.41, 5.74) is 2.10. The lowest BCUT2D eigenvalue weighted by atomic mass is 9.94. The molecule has 3 amide bonds. The van der Waals surface area contributed by atoms with Gasteiger partial charge < -0.3 is 9.88 Å². The number of halogens is 2. The number of hydrogen-bond donors (Lipinski definition) is 2. The minimum atomic E-state index is -2.85. The highest BCUT2D eigenvalue weighted by Crippen LogP contribution is 2.42. The topological polar surface area (TPSA) is 69.6 Å². The molecular weight excluding hydrogens is 428 g/mol. The maximum Gasteiger partial charge on any atom is 0.328 e. The molecule has 5 rings (SSSR count). The first-order valence-electron chi connectivity index (χ1n) is 11.9. The standard InChI is InChI=1S/C24H31F2N5O2/c1-16-13-18-19(30-12-8-22(32)28-23(30)33)3-2-4-20(18)31(16)21-7-11-29(15-24(21,25)26)14-17-5-9-27-10-6-17/h2-4,13,17,21,27H,5-12,14-15H2,1H3,(H,28,32,33). The summed E-state index contributed by atoms with van der Waals surface area (Å²) in [4.78, 5) is 27.4. The van der Waals surface area contributed by atoms with Gasteiger partial charge in [-0.1, -0.05) is 6.07 Å². The van der Waals surface area contributed by atoms with Gasteiger partial charge in [0.15, 0.2) is 0 Å². The Balaban J connectivity index is 1.41. The summed E-state index contributed by atoms with van der Waals surface area (Å²) in [6.07, 6.45) is 2.69. The Morgan fingerprint density at radius 3 is 2.64 bits per heavy atom. The van der Waals surface area contributed by atoms with Crippen LogP contribution in [-0.2, 0) is 4.79 Å². The maximum atomic E-state index is 15.5. The quantitative estimate of drug-likeness (QED) is 0.736. The number of alkyl halides is 2. The Labute approximate surface area is 192 Å². The number of amides is 3. The lowest BCUT2D eigenvalue weighted by Crippen LogP contribution is -2.51. The molecule has 0 saturated carbocycles. The molecule has 7 nitrogen and oxygen atoms in total. The fourth-order valence-electron chi connectivity index (χ4n) is 5.71. The number of carbonyl (C=O) groups excluding carboxylic acids is 2. The molecule has 3 aliphatic heterocycles. The first-order chi connectivity index (χ1) is 15.8. The number of urea groups is 1. The van der Waals surface area contributed by atoms with Gasteiger partial charge in [-0.25, -0.2) is 13.6 Å². The number of aromatic nitrogens is 1. The van der Waals surface area contributed by atoms with Crippen molar-refractivity contribution in [2.45, 2.75) is 44.6 Å². The second-order valence-electron chi connectivity index (χ2n) is 9.61. The molecule has 2 N–H and O–H groups in total. The van der Waals surface area contributed by atoms with Crippen LogP contribution < -0.4 is 15.5 Å². The second kappa shape index (κ2) is 8.68. The number of anilines is 1. The molecule has 9 heteroatoms. The summed E-state index contributed by atoms with van der Waals surface area (Å²) in [6, 6.07) is 5.93. The van der Waals surface area contributed by atoms with E-state index in [9.17, 15) is 9.59 Å². The van der Waals surface area contributed by atoms with Gasteiger partial charge in [-0.3, -0.25) is 19.9 Å². The van der Waals surface area contributed by atoms with E-state index in [1.54, 1.807) is 16.7 Å². The number of carbonyl (C=O) groups is 2. The van der Waals surface area contributed by atoms with Crippen LogP contribution in [0.1, 0.15) is 37.4 Å². The molecule has 178 valence electrons. The van der Waals surface area contributed by atoms with Crippen molar-refractivity contribution in [1.82, 2.24) is 20.1 Å². The van der Waals surface area contributed by atoms with Gasteiger partial charge in [0.05, 0.1) is 17.7 Å². The molecule has 0 spiro atoms. The van der Waals surface area contributed by atoms with E-state index in [1.807, 2.05) is 24.0 Å². The van der Waals surface area contributed by atoms with Crippen LogP contribution in [0, 0.1) is 12.8 Å². The van der Waals surface area contributed by atoms with E-state index < -0.39 is 18.0 Å². The fraction of sp³-hybridized carbons (Fsp3) is 0.583. The molecule has 1 atom stereocenters. The van der Waals surface area contributed by atoms with Gasteiger partial charge in [-0.05, 0) is 63.4 Å². The molecule has 1 aromatic carbocycles. The number of rotatable bonds is 4. The van der Waals surface area contributed by atoms with Gasteiger partial charge in [0.25, 0.3) is 5.92 Å². The monoisotopic (exact) mass is 459 g/mol. The van der Waals surface area contributed by atoms with Gasteiger partial charge in [0, 0.05) is 37.1 Å². The van der Waals surface area contributed by atoms with Crippen molar-refractivity contribution in [3.8, 4) is 0 Å². The van der Waals surface area contributed by atoms with Crippen molar-refractivity contribution < 1.29 is 18.4 Å².